The predicted molar refractivity (Wildman–Crippen MR) is 90.4 cm³/mol. The second kappa shape index (κ2) is 5.57. The minimum absolute atomic E-state index is 0.813. The highest BCUT2D eigenvalue weighted by molar-refractivity contribution is 5.69. The lowest BCUT2D eigenvalue weighted by Crippen LogP contribution is -1.86. The summed E-state index contributed by atoms with van der Waals surface area (Å²) in [5.41, 5.74) is 5.18. The number of hydrogen-bond acceptors (Lipinski definition) is 3. The van der Waals surface area contributed by atoms with E-state index in [0.717, 1.165) is 33.8 Å². The van der Waals surface area contributed by atoms with Crippen molar-refractivity contribution < 1.29 is 4.74 Å². The predicted octanol–water partition coefficient (Wildman–Crippen LogP) is 4.07. The van der Waals surface area contributed by atoms with Crippen molar-refractivity contribution in [3.05, 3.63) is 73.3 Å². The maximum Gasteiger partial charge on any atom is 0.137 e. The van der Waals surface area contributed by atoms with Gasteiger partial charge in [0.2, 0.25) is 0 Å². The molecule has 3 heterocycles. The Balaban J connectivity index is 1.70. The molecule has 0 amide bonds. The van der Waals surface area contributed by atoms with Crippen LogP contribution in [0.5, 0.6) is 5.75 Å². The number of imidazole rings is 1. The van der Waals surface area contributed by atoms with Gasteiger partial charge in [-0.2, -0.15) is 0 Å². The van der Waals surface area contributed by atoms with Crippen molar-refractivity contribution in [1.82, 2.24) is 14.4 Å². The first-order chi connectivity index (χ1) is 11.3. The monoisotopic (exact) mass is 301 g/mol. The smallest absolute Gasteiger partial charge is 0.137 e. The van der Waals surface area contributed by atoms with E-state index in [1.165, 1.54) is 0 Å². The van der Waals surface area contributed by atoms with E-state index in [1.807, 2.05) is 41.2 Å². The Kier molecular flexibility index (Phi) is 3.27. The molecule has 1 aromatic carbocycles. The van der Waals surface area contributed by atoms with Gasteiger partial charge < -0.3 is 9.14 Å². The summed E-state index contributed by atoms with van der Waals surface area (Å²) in [5, 5.41) is 0. The number of rotatable bonds is 3. The molecule has 4 rings (SSSR count). The lowest BCUT2D eigenvalue weighted by Gasteiger charge is -2.02. The number of fused-ring (bicyclic) bond motifs is 1. The van der Waals surface area contributed by atoms with Crippen LogP contribution in [0.15, 0.2) is 73.3 Å². The summed E-state index contributed by atoms with van der Waals surface area (Å²) < 4.78 is 7.22. The Labute approximate surface area is 134 Å². The molecule has 0 aliphatic carbocycles. The molecule has 0 N–H and O–H groups in total. The van der Waals surface area contributed by atoms with Gasteiger partial charge in [-0.25, -0.2) is 4.98 Å². The number of aromatic nitrogens is 3. The van der Waals surface area contributed by atoms with Crippen molar-refractivity contribution in [2.45, 2.75) is 0 Å². The Hall–Kier alpha value is -3.14. The van der Waals surface area contributed by atoms with E-state index in [9.17, 15) is 0 Å². The van der Waals surface area contributed by atoms with Gasteiger partial charge in [0.1, 0.15) is 11.4 Å². The zero-order valence-corrected chi connectivity index (χ0v) is 12.7. The van der Waals surface area contributed by atoms with Crippen LogP contribution in [0.3, 0.4) is 0 Å². The molecular formula is C19H15N3O. The molecule has 4 heteroatoms. The average Bonchev–Trinajstić information content (AvgIpc) is 3.05. The van der Waals surface area contributed by atoms with Crippen molar-refractivity contribution in [3.63, 3.8) is 0 Å². The van der Waals surface area contributed by atoms with Crippen LogP contribution in [0.25, 0.3) is 28.0 Å². The summed E-state index contributed by atoms with van der Waals surface area (Å²) in [6.45, 7) is 0. The molecule has 112 valence electrons. The highest BCUT2D eigenvalue weighted by Crippen LogP contribution is 2.25. The van der Waals surface area contributed by atoms with Gasteiger partial charge in [0.25, 0.3) is 0 Å². The lowest BCUT2D eigenvalue weighted by atomic mass is 10.0. The molecule has 0 radical (unpaired) electrons. The summed E-state index contributed by atoms with van der Waals surface area (Å²) in [5.74, 6) is 0.813. The van der Waals surface area contributed by atoms with E-state index in [2.05, 4.69) is 40.3 Å². The van der Waals surface area contributed by atoms with Crippen LogP contribution in [-0.4, -0.2) is 21.5 Å². The number of ether oxygens (including phenoxy) is 1. The molecule has 0 aliphatic rings. The number of benzene rings is 1. The summed E-state index contributed by atoms with van der Waals surface area (Å²) in [4.78, 5) is 8.82. The van der Waals surface area contributed by atoms with E-state index in [1.54, 1.807) is 13.3 Å². The van der Waals surface area contributed by atoms with E-state index in [4.69, 9.17) is 4.74 Å². The van der Waals surface area contributed by atoms with Crippen LogP contribution in [0, 0.1) is 0 Å². The summed E-state index contributed by atoms with van der Waals surface area (Å²) >= 11 is 0. The third-order valence-electron chi connectivity index (χ3n) is 3.84. The van der Waals surface area contributed by atoms with Gasteiger partial charge in [-0.1, -0.05) is 30.3 Å². The van der Waals surface area contributed by atoms with Crippen LogP contribution in [0.2, 0.25) is 0 Å². The minimum Gasteiger partial charge on any atom is -0.495 e. The highest BCUT2D eigenvalue weighted by Gasteiger charge is 2.06. The molecule has 4 aromatic rings. The molecule has 4 nitrogen and oxygen atoms in total. The Morgan fingerprint density at radius 1 is 0.870 bits per heavy atom. The van der Waals surface area contributed by atoms with Gasteiger partial charge in [0, 0.05) is 24.2 Å². The Bertz CT molecular complexity index is 943. The Morgan fingerprint density at radius 3 is 2.43 bits per heavy atom. The molecule has 0 saturated heterocycles. The third kappa shape index (κ3) is 2.55. The van der Waals surface area contributed by atoms with Crippen molar-refractivity contribution in [2.75, 3.05) is 7.11 Å². The molecule has 0 saturated carbocycles. The van der Waals surface area contributed by atoms with Gasteiger partial charge in [-0.3, -0.25) is 4.98 Å². The van der Waals surface area contributed by atoms with E-state index in [0.29, 0.717) is 0 Å². The van der Waals surface area contributed by atoms with Crippen LogP contribution < -0.4 is 4.74 Å². The van der Waals surface area contributed by atoms with Crippen LogP contribution in [-0.2, 0) is 0 Å². The van der Waals surface area contributed by atoms with Gasteiger partial charge in [0.05, 0.1) is 19.0 Å². The molecule has 23 heavy (non-hydrogen) atoms. The molecule has 0 fully saturated rings. The maximum absolute atomic E-state index is 5.25. The largest absolute Gasteiger partial charge is 0.495 e. The first kappa shape index (κ1) is 13.5. The third-order valence-corrected chi connectivity index (χ3v) is 3.84. The number of nitrogens with zero attached hydrogens (tertiary/aromatic N) is 3. The van der Waals surface area contributed by atoms with Crippen molar-refractivity contribution >= 4 is 5.65 Å². The second-order valence-electron chi connectivity index (χ2n) is 5.28. The molecule has 0 atom stereocenters. The number of methoxy groups -OCH3 is 1. The zero-order chi connectivity index (χ0) is 15.6. The SMILES string of the molecule is COc1ccc2nc(-c3ccc(-c4cccnc4)cc3)cn2c1. The van der Waals surface area contributed by atoms with Gasteiger partial charge in [0.15, 0.2) is 0 Å². The van der Waals surface area contributed by atoms with E-state index in [-0.39, 0.29) is 0 Å². The van der Waals surface area contributed by atoms with E-state index >= 15 is 0 Å². The van der Waals surface area contributed by atoms with Crippen LogP contribution in [0.1, 0.15) is 0 Å². The highest BCUT2D eigenvalue weighted by atomic mass is 16.5. The fourth-order valence-electron chi connectivity index (χ4n) is 2.60. The second-order valence-corrected chi connectivity index (χ2v) is 5.28. The van der Waals surface area contributed by atoms with Crippen molar-refractivity contribution in [1.29, 1.82) is 0 Å². The lowest BCUT2D eigenvalue weighted by molar-refractivity contribution is 0.412. The molecule has 0 aliphatic heterocycles. The zero-order valence-electron chi connectivity index (χ0n) is 12.7. The molecule has 0 unspecified atom stereocenters. The molecule has 0 bridgehead atoms. The summed E-state index contributed by atoms with van der Waals surface area (Å²) in [6, 6.07) is 16.2. The van der Waals surface area contributed by atoms with Gasteiger partial charge in [-0.05, 0) is 29.3 Å². The fraction of sp³-hybridized carbons (Fsp3) is 0.0526. The van der Waals surface area contributed by atoms with Gasteiger partial charge in [-0.15, -0.1) is 0 Å². The summed E-state index contributed by atoms with van der Waals surface area (Å²) in [6.07, 6.45) is 7.59. The Morgan fingerprint density at radius 2 is 1.70 bits per heavy atom. The number of hydrogen-bond donors (Lipinski definition) is 0. The van der Waals surface area contributed by atoms with Gasteiger partial charge >= 0.3 is 0 Å². The first-order valence-corrected chi connectivity index (χ1v) is 7.37. The molecule has 0 spiro atoms. The quantitative estimate of drug-likeness (QED) is 0.572. The van der Waals surface area contributed by atoms with Crippen molar-refractivity contribution in [2.24, 2.45) is 0 Å². The van der Waals surface area contributed by atoms with Crippen LogP contribution in [0.4, 0.5) is 0 Å². The minimum atomic E-state index is 0.813. The first-order valence-electron chi connectivity index (χ1n) is 7.37. The topological polar surface area (TPSA) is 39.4 Å². The standard InChI is InChI=1S/C19H15N3O/c1-23-17-8-9-19-21-18(13-22(19)12-17)15-6-4-14(5-7-15)16-3-2-10-20-11-16/h2-13H,1H3. The average molecular weight is 301 g/mol. The fourth-order valence-corrected chi connectivity index (χ4v) is 2.60. The maximum atomic E-state index is 5.25. The van der Waals surface area contributed by atoms with Crippen molar-refractivity contribution in [3.8, 4) is 28.1 Å². The van der Waals surface area contributed by atoms with Crippen LogP contribution >= 0.6 is 0 Å². The summed E-state index contributed by atoms with van der Waals surface area (Å²) in [7, 11) is 1.66. The molecular weight excluding hydrogens is 286 g/mol. The number of pyridine rings is 2. The normalized spacial score (nSPS) is 10.8. The van der Waals surface area contributed by atoms with E-state index < -0.39 is 0 Å². The molecule has 3 aromatic heterocycles.